The molecule has 1 aromatic carbocycles. The lowest BCUT2D eigenvalue weighted by atomic mass is 10.2. The van der Waals surface area contributed by atoms with Gasteiger partial charge >= 0.3 is 0 Å². The fourth-order valence-corrected chi connectivity index (χ4v) is 3.76. The predicted octanol–water partition coefficient (Wildman–Crippen LogP) is 3.84. The van der Waals surface area contributed by atoms with Crippen LogP contribution in [-0.2, 0) is 0 Å². The number of nitrogens with one attached hydrogen (secondary N) is 1. The van der Waals surface area contributed by atoms with Crippen LogP contribution >= 0.6 is 23.1 Å². The van der Waals surface area contributed by atoms with Gasteiger partial charge in [0.15, 0.2) is 5.13 Å². The Balaban J connectivity index is 1.55. The molecule has 0 radical (unpaired) electrons. The van der Waals surface area contributed by atoms with E-state index in [1.807, 2.05) is 43.7 Å². The van der Waals surface area contributed by atoms with E-state index in [1.165, 1.54) is 16.2 Å². The molecule has 136 valence electrons. The van der Waals surface area contributed by atoms with Crippen molar-refractivity contribution >= 4 is 39.9 Å². The van der Waals surface area contributed by atoms with E-state index in [0.717, 1.165) is 22.6 Å². The second kappa shape index (κ2) is 7.09. The van der Waals surface area contributed by atoms with Crippen molar-refractivity contribution in [1.82, 2.24) is 24.6 Å². The maximum atomic E-state index is 12.5. The fraction of sp³-hybridized carbons (Fsp3) is 0.167. The Morgan fingerprint density at radius 1 is 1.15 bits per heavy atom. The molecule has 0 atom stereocenters. The second-order valence-electron chi connectivity index (χ2n) is 5.91. The summed E-state index contributed by atoms with van der Waals surface area (Å²) in [7, 11) is 0. The summed E-state index contributed by atoms with van der Waals surface area (Å²) < 4.78 is 1.56. The van der Waals surface area contributed by atoms with Crippen LogP contribution in [0.3, 0.4) is 0 Å². The van der Waals surface area contributed by atoms with Crippen molar-refractivity contribution in [3.63, 3.8) is 0 Å². The van der Waals surface area contributed by atoms with Crippen LogP contribution in [0.2, 0.25) is 0 Å². The van der Waals surface area contributed by atoms with Gasteiger partial charge in [-0.25, -0.2) is 14.5 Å². The first kappa shape index (κ1) is 17.6. The molecule has 9 heteroatoms. The lowest BCUT2D eigenvalue weighted by molar-refractivity contribution is 0.101. The number of thioether (sulfide) groups is 1. The molecule has 3 heterocycles. The largest absolute Gasteiger partial charge is 0.297 e. The SMILES string of the molecule is CSc1ccc(-c2csc(NC(=O)c3nc4nc(C)cc(C)n4n3)n2)cc1. The summed E-state index contributed by atoms with van der Waals surface area (Å²) >= 11 is 3.06. The van der Waals surface area contributed by atoms with Crippen LogP contribution in [0, 0.1) is 13.8 Å². The fourth-order valence-electron chi connectivity index (χ4n) is 2.64. The van der Waals surface area contributed by atoms with Crippen molar-refractivity contribution in [2.75, 3.05) is 11.6 Å². The highest BCUT2D eigenvalue weighted by Gasteiger charge is 2.17. The number of hydrogen-bond acceptors (Lipinski definition) is 7. The van der Waals surface area contributed by atoms with Crippen LogP contribution in [-0.4, -0.2) is 36.7 Å². The molecule has 27 heavy (non-hydrogen) atoms. The third-order valence-electron chi connectivity index (χ3n) is 3.93. The molecule has 0 aliphatic heterocycles. The standard InChI is InChI=1S/C18H16N6OS2/c1-10-8-11(2)24-17(19-10)21-15(23-24)16(25)22-18-20-14(9-27-18)12-4-6-13(26-3)7-5-12/h4-9H,1-3H3,(H,20,22,25). The van der Waals surface area contributed by atoms with E-state index in [4.69, 9.17) is 0 Å². The zero-order valence-corrected chi connectivity index (χ0v) is 16.6. The molecule has 0 saturated carbocycles. The first-order chi connectivity index (χ1) is 13.0. The summed E-state index contributed by atoms with van der Waals surface area (Å²) in [5.74, 6) is 0.0693. The van der Waals surface area contributed by atoms with Crippen LogP contribution in [0.4, 0.5) is 5.13 Å². The third-order valence-corrected chi connectivity index (χ3v) is 5.43. The number of aryl methyl sites for hydroxylation is 2. The Morgan fingerprint density at radius 3 is 2.67 bits per heavy atom. The van der Waals surface area contributed by atoms with E-state index in [-0.39, 0.29) is 5.82 Å². The average Bonchev–Trinajstić information content (AvgIpc) is 3.29. The van der Waals surface area contributed by atoms with Gasteiger partial charge in [-0.2, -0.15) is 4.98 Å². The average molecular weight is 397 g/mol. The predicted molar refractivity (Wildman–Crippen MR) is 108 cm³/mol. The van der Waals surface area contributed by atoms with Crippen LogP contribution in [0.25, 0.3) is 17.0 Å². The second-order valence-corrected chi connectivity index (χ2v) is 7.64. The van der Waals surface area contributed by atoms with Crippen molar-refractivity contribution < 1.29 is 4.79 Å². The Bertz CT molecular complexity index is 1130. The maximum Gasteiger partial charge on any atom is 0.297 e. The summed E-state index contributed by atoms with van der Waals surface area (Å²) in [6, 6.07) is 10.0. The molecule has 0 unspecified atom stereocenters. The smallest absolute Gasteiger partial charge is 0.295 e. The minimum atomic E-state index is -0.406. The van der Waals surface area contributed by atoms with Crippen molar-refractivity contribution in [3.05, 3.63) is 52.9 Å². The molecular formula is C18H16N6OS2. The van der Waals surface area contributed by atoms with E-state index < -0.39 is 5.91 Å². The van der Waals surface area contributed by atoms with Gasteiger partial charge in [0.1, 0.15) is 0 Å². The zero-order chi connectivity index (χ0) is 19.0. The zero-order valence-electron chi connectivity index (χ0n) is 14.9. The summed E-state index contributed by atoms with van der Waals surface area (Å²) in [6.45, 7) is 3.78. The van der Waals surface area contributed by atoms with Crippen molar-refractivity contribution in [3.8, 4) is 11.3 Å². The molecule has 0 saturated heterocycles. The summed E-state index contributed by atoms with van der Waals surface area (Å²) in [5, 5.41) is 9.42. The molecule has 3 aromatic heterocycles. The van der Waals surface area contributed by atoms with E-state index >= 15 is 0 Å². The number of rotatable bonds is 4. The topological polar surface area (TPSA) is 85.1 Å². The number of aromatic nitrogens is 5. The summed E-state index contributed by atoms with van der Waals surface area (Å²) in [4.78, 5) is 26.7. The van der Waals surface area contributed by atoms with E-state index in [1.54, 1.807) is 16.3 Å². The molecule has 0 aliphatic carbocycles. The summed E-state index contributed by atoms with van der Waals surface area (Å²) in [6.07, 6.45) is 2.04. The van der Waals surface area contributed by atoms with Gasteiger partial charge in [0.2, 0.25) is 5.82 Å². The number of amides is 1. The minimum Gasteiger partial charge on any atom is -0.295 e. The lowest BCUT2D eigenvalue weighted by Gasteiger charge is -1.99. The quantitative estimate of drug-likeness (QED) is 0.528. The van der Waals surface area contributed by atoms with Gasteiger partial charge in [-0.3, -0.25) is 10.1 Å². The number of carbonyl (C=O) groups is 1. The van der Waals surface area contributed by atoms with E-state index in [2.05, 4.69) is 37.5 Å². The van der Waals surface area contributed by atoms with Gasteiger partial charge in [-0.15, -0.1) is 28.2 Å². The molecule has 1 amide bonds. The van der Waals surface area contributed by atoms with Crippen LogP contribution in [0.1, 0.15) is 22.0 Å². The number of benzene rings is 1. The molecule has 0 fully saturated rings. The lowest BCUT2D eigenvalue weighted by Crippen LogP contribution is -2.13. The molecule has 7 nitrogen and oxygen atoms in total. The van der Waals surface area contributed by atoms with E-state index in [9.17, 15) is 4.79 Å². The highest BCUT2D eigenvalue weighted by molar-refractivity contribution is 7.98. The van der Waals surface area contributed by atoms with Crippen LogP contribution < -0.4 is 5.32 Å². The highest BCUT2D eigenvalue weighted by atomic mass is 32.2. The molecule has 0 aliphatic rings. The Kier molecular flexibility index (Phi) is 4.63. The van der Waals surface area contributed by atoms with E-state index in [0.29, 0.717) is 10.9 Å². The molecule has 0 bridgehead atoms. The number of thiazole rings is 1. The Labute approximate surface area is 163 Å². The number of anilines is 1. The number of hydrogen-bond donors (Lipinski definition) is 1. The molecular weight excluding hydrogens is 380 g/mol. The van der Waals surface area contributed by atoms with Gasteiger partial charge in [0.05, 0.1) is 5.69 Å². The molecule has 4 rings (SSSR count). The summed E-state index contributed by atoms with van der Waals surface area (Å²) in [5.41, 5.74) is 3.52. The van der Waals surface area contributed by atoms with Gasteiger partial charge in [-0.1, -0.05) is 12.1 Å². The van der Waals surface area contributed by atoms with Crippen molar-refractivity contribution in [2.24, 2.45) is 0 Å². The van der Waals surface area contributed by atoms with Crippen molar-refractivity contribution in [1.29, 1.82) is 0 Å². The third kappa shape index (κ3) is 3.56. The maximum absolute atomic E-state index is 12.5. The monoisotopic (exact) mass is 396 g/mol. The minimum absolute atomic E-state index is 0.0669. The molecule has 0 spiro atoms. The molecule has 1 N–H and O–H groups in total. The van der Waals surface area contributed by atoms with Gasteiger partial charge in [0, 0.05) is 27.2 Å². The van der Waals surface area contributed by atoms with Gasteiger partial charge < -0.3 is 0 Å². The van der Waals surface area contributed by atoms with Crippen LogP contribution in [0.15, 0.2) is 40.6 Å². The number of fused-ring (bicyclic) bond motifs is 1. The van der Waals surface area contributed by atoms with Crippen LogP contribution in [0.5, 0.6) is 0 Å². The normalized spacial score (nSPS) is 11.1. The first-order valence-electron chi connectivity index (χ1n) is 8.16. The van der Waals surface area contributed by atoms with Gasteiger partial charge in [-0.05, 0) is 38.3 Å². The molecule has 4 aromatic rings. The first-order valence-corrected chi connectivity index (χ1v) is 10.3. The number of carbonyl (C=O) groups excluding carboxylic acids is 1. The van der Waals surface area contributed by atoms with Crippen molar-refractivity contribution in [2.45, 2.75) is 18.7 Å². The van der Waals surface area contributed by atoms with Gasteiger partial charge in [0.25, 0.3) is 11.7 Å². The Morgan fingerprint density at radius 2 is 1.93 bits per heavy atom. The Hall–Kier alpha value is -2.78. The number of nitrogens with zero attached hydrogens (tertiary/aromatic N) is 5. The highest BCUT2D eigenvalue weighted by Crippen LogP contribution is 2.26.